The SMILES string of the molecule is N#Cc1cc([N+](=O)[O-])ccc1N[C@H](Cc1ccccc1)C(=O)Nc1ccccc1. The smallest absolute Gasteiger partial charge is 0.270 e. The number of nitriles is 1. The van der Waals surface area contributed by atoms with Crippen molar-refractivity contribution in [1.29, 1.82) is 5.26 Å². The summed E-state index contributed by atoms with van der Waals surface area (Å²) in [5, 5.41) is 26.3. The van der Waals surface area contributed by atoms with Crippen LogP contribution >= 0.6 is 0 Å². The van der Waals surface area contributed by atoms with Crippen LogP contribution in [0.15, 0.2) is 78.9 Å². The number of non-ortho nitro benzene ring substituents is 1. The number of nitrogens with one attached hydrogen (secondary N) is 2. The summed E-state index contributed by atoms with van der Waals surface area (Å²) in [4.78, 5) is 23.3. The zero-order valence-electron chi connectivity index (χ0n) is 15.4. The van der Waals surface area contributed by atoms with Crippen molar-refractivity contribution in [2.75, 3.05) is 10.6 Å². The van der Waals surface area contributed by atoms with Crippen LogP contribution in [0, 0.1) is 21.4 Å². The molecule has 0 saturated carbocycles. The second-order valence-electron chi connectivity index (χ2n) is 6.34. The monoisotopic (exact) mass is 386 g/mol. The zero-order valence-corrected chi connectivity index (χ0v) is 15.4. The highest BCUT2D eigenvalue weighted by Gasteiger charge is 2.21. The van der Waals surface area contributed by atoms with Crippen LogP contribution < -0.4 is 10.6 Å². The highest BCUT2D eigenvalue weighted by molar-refractivity contribution is 5.97. The Morgan fingerprint density at radius 3 is 2.31 bits per heavy atom. The van der Waals surface area contributed by atoms with Crippen molar-refractivity contribution in [3.8, 4) is 6.07 Å². The van der Waals surface area contributed by atoms with Gasteiger partial charge in [-0.05, 0) is 23.8 Å². The minimum atomic E-state index is -0.689. The molecule has 0 fully saturated rings. The number of anilines is 2. The first-order chi connectivity index (χ1) is 14.1. The molecule has 0 unspecified atom stereocenters. The predicted octanol–water partition coefficient (Wildman–Crippen LogP) is 4.13. The topological polar surface area (TPSA) is 108 Å². The average Bonchev–Trinajstić information content (AvgIpc) is 2.74. The number of para-hydroxylation sites is 1. The Labute approximate surface area is 167 Å². The molecular formula is C22H18N4O3. The van der Waals surface area contributed by atoms with Gasteiger partial charge in [0.25, 0.3) is 5.69 Å². The van der Waals surface area contributed by atoms with Crippen LogP contribution in [-0.4, -0.2) is 16.9 Å². The summed E-state index contributed by atoms with van der Waals surface area (Å²) in [5.41, 5.74) is 1.88. The molecule has 7 heteroatoms. The van der Waals surface area contributed by atoms with Crippen molar-refractivity contribution in [3.05, 3.63) is 100 Å². The van der Waals surface area contributed by atoms with E-state index in [2.05, 4.69) is 10.6 Å². The third-order valence-corrected chi connectivity index (χ3v) is 4.30. The van der Waals surface area contributed by atoms with Crippen molar-refractivity contribution in [3.63, 3.8) is 0 Å². The lowest BCUT2D eigenvalue weighted by Crippen LogP contribution is -2.36. The molecule has 0 aliphatic carbocycles. The molecule has 0 aliphatic heterocycles. The number of benzene rings is 3. The number of nitrogens with zero attached hydrogens (tertiary/aromatic N) is 2. The standard InChI is InChI=1S/C22H18N4O3/c23-15-17-14-19(26(28)29)11-12-20(17)25-21(13-16-7-3-1-4-8-16)22(27)24-18-9-5-2-6-10-18/h1-12,14,21,25H,13H2,(H,24,27)/t21-/m1/s1. The first-order valence-electron chi connectivity index (χ1n) is 8.92. The van der Waals surface area contributed by atoms with Gasteiger partial charge in [0.1, 0.15) is 12.1 Å². The molecule has 0 spiro atoms. The lowest BCUT2D eigenvalue weighted by molar-refractivity contribution is -0.384. The van der Waals surface area contributed by atoms with E-state index in [1.807, 2.05) is 54.6 Å². The number of rotatable bonds is 7. The molecule has 1 amide bonds. The Bertz CT molecular complexity index is 1050. The maximum Gasteiger partial charge on any atom is 0.270 e. The van der Waals surface area contributed by atoms with E-state index in [0.29, 0.717) is 17.8 Å². The lowest BCUT2D eigenvalue weighted by atomic mass is 10.0. The molecule has 7 nitrogen and oxygen atoms in total. The van der Waals surface area contributed by atoms with Crippen LogP contribution in [0.25, 0.3) is 0 Å². The van der Waals surface area contributed by atoms with Gasteiger partial charge in [-0.1, -0.05) is 48.5 Å². The van der Waals surface area contributed by atoms with Crippen LogP contribution in [0.2, 0.25) is 0 Å². The Morgan fingerprint density at radius 1 is 1.03 bits per heavy atom. The number of carbonyl (C=O) groups excluding carboxylic acids is 1. The van der Waals surface area contributed by atoms with Gasteiger partial charge in [0.15, 0.2) is 0 Å². The number of carbonyl (C=O) groups is 1. The molecule has 144 valence electrons. The average molecular weight is 386 g/mol. The number of amides is 1. The van der Waals surface area contributed by atoms with Gasteiger partial charge in [-0.25, -0.2) is 0 Å². The Hall–Kier alpha value is -4.18. The molecule has 29 heavy (non-hydrogen) atoms. The predicted molar refractivity (Wildman–Crippen MR) is 110 cm³/mol. The fourth-order valence-electron chi connectivity index (χ4n) is 2.86. The van der Waals surface area contributed by atoms with Gasteiger partial charge >= 0.3 is 0 Å². The van der Waals surface area contributed by atoms with Crippen LogP contribution in [0.1, 0.15) is 11.1 Å². The third kappa shape index (κ3) is 5.17. The second-order valence-corrected chi connectivity index (χ2v) is 6.34. The molecular weight excluding hydrogens is 368 g/mol. The van der Waals surface area contributed by atoms with Gasteiger partial charge in [0.2, 0.25) is 5.91 Å². The van der Waals surface area contributed by atoms with Gasteiger partial charge in [-0.2, -0.15) is 5.26 Å². The van der Waals surface area contributed by atoms with Crippen molar-refractivity contribution in [2.24, 2.45) is 0 Å². The summed E-state index contributed by atoms with van der Waals surface area (Å²) in [5.74, 6) is -0.276. The van der Waals surface area contributed by atoms with E-state index < -0.39 is 11.0 Å². The number of hydrogen-bond donors (Lipinski definition) is 2. The maximum absolute atomic E-state index is 12.9. The summed E-state index contributed by atoms with van der Waals surface area (Å²) in [6, 6.07) is 23.7. The van der Waals surface area contributed by atoms with Crippen LogP contribution in [0.5, 0.6) is 0 Å². The lowest BCUT2D eigenvalue weighted by Gasteiger charge is -2.20. The molecule has 0 aliphatic rings. The molecule has 3 aromatic rings. The second kappa shape index (κ2) is 9.15. The molecule has 3 aromatic carbocycles. The molecule has 0 bridgehead atoms. The van der Waals surface area contributed by atoms with Crippen molar-refractivity contribution >= 4 is 23.0 Å². The quantitative estimate of drug-likeness (QED) is 0.469. The molecule has 0 aromatic heterocycles. The van der Waals surface area contributed by atoms with Gasteiger partial charge in [-0.3, -0.25) is 14.9 Å². The normalized spacial score (nSPS) is 11.1. The Kier molecular flexibility index (Phi) is 6.18. The minimum absolute atomic E-state index is 0.102. The maximum atomic E-state index is 12.9. The molecule has 0 saturated heterocycles. The first kappa shape index (κ1) is 19.6. The summed E-state index contributed by atoms with van der Waals surface area (Å²) in [6.45, 7) is 0. The fourth-order valence-corrected chi connectivity index (χ4v) is 2.86. The number of nitro groups is 1. The van der Waals surface area contributed by atoms with Gasteiger partial charge in [0, 0.05) is 24.2 Å². The Morgan fingerprint density at radius 2 is 1.69 bits per heavy atom. The molecule has 1 atom stereocenters. The van der Waals surface area contributed by atoms with E-state index in [-0.39, 0.29) is 17.2 Å². The molecule has 2 N–H and O–H groups in total. The van der Waals surface area contributed by atoms with Crippen LogP contribution in [0.4, 0.5) is 17.1 Å². The minimum Gasteiger partial charge on any atom is -0.372 e. The first-order valence-corrected chi connectivity index (χ1v) is 8.92. The van der Waals surface area contributed by atoms with E-state index in [4.69, 9.17) is 0 Å². The van der Waals surface area contributed by atoms with Gasteiger partial charge in [0.05, 0.1) is 16.2 Å². The number of nitro benzene ring substituents is 1. The third-order valence-electron chi connectivity index (χ3n) is 4.30. The highest BCUT2D eigenvalue weighted by Crippen LogP contribution is 2.23. The number of hydrogen-bond acceptors (Lipinski definition) is 5. The summed E-state index contributed by atoms with van der Waals surface area (Å²) >= 11 is 0. The van der Waals surface area contributed by atoms with Gasteiger partial charge in [-0.15, -0.1) is 0 Å². The van der Waals surface area contributed by atoms with Crippen molar-refractivity contribution < 1.29 is 9.72 Å². The molecule has 0 radical (unpaired) electrons. The van der Waals surface area contributed by atoms with E-state index in [0.717, 1.165) is 5.56 Å². The summed E-state index contributed by atoms with van der Waals surface area (Å²) < 4.78 is 0. The highest BCUT2D eigenvalue weighted by atomic mass is 16.6. The van der Waals surface area contributed by atoms with Gasteiger partial charge < -0.3 is 10.6 Å². The van der Waals surface area contributed by atoms with E-state index in [1.165, 1.54) is 18.2 Å². The molecule has 0 heterocycles. The van der Waals surface area contributed by atoms with Crippen molar-refractivity contribution in [2.45, 2.75) is 12.5 Å². The Balaban J connectivity index is 1.88. The summed E-state index contributed by atoms with van der Waals surface area (Å²) in [6.07, 6.45) is 0.376. The van der Waals surface area contributed by atoms with E-state index >= 15 is 0 Å². The van der Waals surface area contributed by atoms with Crippen LogP contribution in [0.3, 0.4) is 0 Å². The molecule has 3 rings (SSSR count). The zero-order chi connectivity index (χ0) is 20.6. The fraction of sp³-hybridized carbons (Fsp3) is 0.0909. The summed E-state index contributed by atoms with van der Waals surface area (Å²) in [7, 11) is 0. The van der Waals surface area contributed by atoms with Crippen LogP contribution in [-0.2, 0) is 11.2 Å². The van der Waals surface area contributed by atoms with E-state index in [1.54, 1.807) is 12.1 Å². The van der Waals surface area contributed by atoms with E-state index in [9.17, 15) is 20.2 Å². The largest absolute Gasteiger partial charge is 0.372 e. The van der Waals surface area contributed by atoms with Crippen molar-refractivity contribution in [1.82, 2.24) is 0 Å².